The van der Waals surface area contributed by atoms with Gasteiger partial charge in [-0.05, 0) is 48.9 Å². The zero-order valence-electron chi connectivity index (χ0n) is 12.7. The summed E-state index contributed by atoms with van der Waals surface area (Å²) in [6.07, 6.45) is 0.652. The minimum atomic E-state index is -1.05. The maximum atomic E-state index is 13.3. The number of rotatable bonds is 4. The zero-order valence-corrected chi connectivity index (χ0v) is 13.4. The second-order valence-corrected chi connectivity index (χ2v) is 5.67. The topological polar surface area (TPSA) is 59.4 Å². The van der Waals surface area contributed by atoms with Crippen molar-refractivity contribution in [1.29, 1.82) is 0 Å². The Hall–Kier alpha value is -2.66. The normalized spacial score (nSPS) is 12.1. The van der Waals surface area contributed by atoms with Crippen molar-refractivity contribution in [1.82, 2.24) is 4.98 Å². The predicted octanol–water partition coefficient (Wildman–Crippen LogP) is 4.55. The molecule has 0 saturated carbocycles. The van der Waals surface area contributed by atoms with Crippen LogP contribution in [0.2, 0.25) is 5.02 Å². The molecule has 4 nitrogen and oxygen atoms in total. The van der Waals surface area contributed by atoms with E-state index in [4.69, 9.17) is 21.4 Å². The molecule has 1 heterocycles. The Balaban J connectivity index is 2.06. The van der Waals surface area contributed by atoms with Gasteiger partial charge in [-0.2, -0.15) is 0 Å². The lowest BCUT2D eigenvalue weighted by Gasteiger charge is -2.12. The molecule has 1 N–H and O–H groups in total. The van der Waals surface area contributed by atoms with Crippen LogP contribution in [0.1, 0.15) is 6.92 Å². The number of carboxylic acid groups (broad SMARTS) is 1. The van der Waals surface area contributed by atoms with E-state index >= 15 is 0 Å². The van der Waals surface area contributed by atoms with E-state index in [1.54, 1.807) is 36.5 Å². The van der Waals surface area contributed by atoms with Crippen LogP contribution in [0.3, 0.4) is 0 Å². The number of carbonyl (C=O) groups is 1. The monoisotopic (exact) mass is 345 g/mol. The highest BCUT2D eigenvalue weighted by molar-refractivity contribution is 6.33. The Morgan fingerprint density at radius 1 is 1.21 bits per heavy atom. The van der Waals surface area contributed by atoms with Crippen LogP contribution in [0.4, 0.5) is 4.39 Å². The van der Waals surface area contributed by atoms with E-state index in [-0.39, 0.29) is 0 Å². The van der Waals surface area contributed by atoms with Crippen LogP contribution >= 0.6 is 11.6 Å². The molecule has 1 aromatic heterocycles. The molecule has 3 aromatic rings. The molecule has 3 rings (SSSR count). The SMILES string of the molecule is CC(Oc1ccc2c(-c3ccc(F)cc3Cl)ccnc2c1)C(=O)O. The highest BCUT2D eigenvalue weighted by atomic mass is 35.5. The van der Waals surface area contributed by atoms with Crippen LogP contribution in [-0.4, -0.2) is 22.2 Å². The summed E-state index contributed by atoms with van der Waals surface area (Å²) in [5.41, 5.74) is 2.13. The number of carboxylic acids is 1. The van der Waals surface area contributed by atoms with Crippen LogP contribution in [0, 0.1) is 5.82 Å². The van der Waals surface area contributed by atoms with Gasteiger partial charge < -0.3 is 9.84 Å². The van der Waals surface area contributed by atoms with Crippen molar-refractivity contribution in [3.05, 3.63) is 59.5 Å². The molecular weight excluding hydrogens is 333 g/mol. The quantitative estimate of drug-likeness (QED) is 0.753. The first-order chi connectivity index (χ1) is 11.5. The summed E-state index contributed by atoms with van der Waals surface area (Å²) in [5, 5.41) is 10.0. The summed E-state index contributed by atoms with van der Waals surface area (Å²) in [5.74, 6) is -1.04. The molecule has 0 amide bonds. The molecule has 0 spiro atoms. The average molecular weight is 346 g/mol. The lowest BCUT2D eigenvalue weighted by atomic mass is 10.0. The summed E-state index contributed by atoms with van der Waals surface area (Å²) >= 11 is 6.15. The number of aliphatic carboxylic acids is 1. The Morgan fingerprint density at radius 2 is 2.00 bits per heavy atom. The zero-order chi connectivity index (χ0) is 17.3. The van der Waals surface area contributed by atoms with Gasteiger partial charge in [0.1, 0.15) is 11.6 Å². The molecule has 0 aliphatic carbocycles. The third-order valence-corrected chi connectivity index (χ3v) is 3.91. The number of fused-ring (bicyclic) bond motifs is 1. The number of benzene rings is 2. The van der Waals surface area contributed by atoms with E-state index in [0.29, 0.717) is 21.9 Å². The minimum Gasteiger partial charge on any atom is -0.479 e. The number of pyridine rings is 1. The Morgan fingerprint density at radius 3 is 2.71 bits per heavy atom. The van der Waals surface area contributed by atoms with Gasteiger partial charge in [-0.25, -0.2) is 9.18 Å². The summed E-state index contributed by atoms with van der Waals surface area (Å²) in [7, 11) is 0. The number of hydrogen-bond acceptors (Lipinski definition) is 3. The first-order valence-electron chi connectivity index (χ1n) is 7.19. The minimum absolute atomic E-state index is 0.308. The number of ether oxygens (including phenoxy) is 1. The highest BCUT2D eigenvalue weighted by Crippen LogP contribution is 2.34. The van der Waals surface area contributed by atoms with Gasteiger partial charge in [0.15, 0.2) is 6.10 Å². The molecule has 0 aliphatic heterocycles. The molecule has 0 saturated heterocycles. The maximum Gasteiger partial charge on any atom is 0.344 e. The molecular formula is C18H13ClFNO3. The third-order valence-electron chi connectivity index (χ3n) is 3.60. The van der Waals surface area contributed by atoms with Crippen molar-refractivity contribution in [3.63, 3.8) is 0 Å². The average Bonchev–Trinajstić information content (AvgIpc) is 2.54. The lowest BCUT2D eigenvalue weighted by molar-refractivity contribution is -0.144. The Labute approximate surface area is 142 Å². The lowest BCUT2D eigenvalue weighted by Crippen LogP contribution is -2.22. The second kappa shape index (κ2) is 6.45. The summed E-state index contributed by atoms with van der Waals surface area (Å²) in [6.45, 7) is 1.45. The molecule has 122 valence electrons. The van der Waals surface area contributed by atoms with Gasteiger partial charge in [0.05, 0.1) is 10.5 Å². The molecule has 6 heteroatoms. The molecule has 0 fully saturated rings. The van der Waals surface area contributed by atoms with E-state index in [0.717, 1.165) is 10.9 Å². The van der Waals surface area contributed by atoms with Crippen molar-refractivity contribution in [2.24, 2.45) is 0 Å². The van der Waals surface area contributed by atoms with Crippen LogP contribution in [0.5, 0.6) is 5.75 Å². The number of hydrogen-bond donors (Lipinski definition) is 1. The maximum absolute atomic E-state index is 13.3. The van der Waals surface area contributed by atoms with Crippen LogP contribution in [0.25, 0.3) is 22.0 Å². The fourth-order valence-electron chi connectivity index (χ4n) is 2.40. The van der Waals surface area contributed by atoms with E-state index in [9.17, 15) is 9.18 Å². The summed E-state index contributed by atoms with van der Waals surface area (Å²) in [4.78, 5) is 15.2. The van der Waals surface area contributed by atoms with Crippen LogP contribution in [0.15, 0.2) is 48.7 Å². The Bertz CT molecular complexity index is 929. The summed E-state index contributed by atoms with van der Waals surface area (Å²) in [6, 6.07) is 11.1. The molecule has 24 heavy (non-hydrogen) atoms. The van der Waals surface area contributed by atoms with Gasteiger partial charge in [-0.15, -0.1) is 0 Å². The number of halogens is 2. The van der Waals surface area contributed by atoms with Crippen LogP contribution < -0.4 is 4.74 Å². The first-order valence-corrected chi connectivity index (χ1v) is 7.57. The number of aromatic nitrogens is 1. The largest absolute Gasteiger partial charge is 0.479 e. The second-order valence-electron chi connectivity index (χ2n) is 5.26. The fourth-order valence-corrected chi connectivity index (χ4v) is 2.67. The number of nitrogens with zero attached hydrogens (tertiary/aromatic N) is 1. The third kappa shape index (κ3) is 3.16. The highest BCUT2D eigenvalue weighted by Gasteiger charge is 2.14. The Kier molecular flexibility index (Phi) is 4.36. The molecule has 1 unspecified atom stereocenters. The van der Waals surface area contributed by atoms with E-state index in [2.05, 4.69) is 4.98 Å². The predicted molar refractivity (Wildman–Crippen MR) is 89.9 cm³/mol. The van der Waals surface area contributed by atoms with Crippen molar-refractivity contribution in [3.8, 4) is 16.9 Å². The molecule has 0 radical (unpaired) electrons. The van der Waals surface area contributed by atoms with E-state index in [1.165, 1.54) is 19.1 Å². The van der Waals surface area contributed by atoms with Gasteiger partial charge in [-0.3, -0.25) is 4.98 Å². The fraction of sp³-hybridized carbons (Fsp3) is 0.111. The van der Waals surface area contributed by atoms with Gasteiger partial charge in [0.25, 0.3) is 0 Å². The molecule has 0 aliphatic rings. The van der Waals surface area contributed by atoms with Gasteiger partial charge >= 0.3 is 5.97 Å². The first kappa shape index (κ1) is 16.2. The molecule has 0 bridgehead atoms. The molecule has 1 atom stereocenters. The smallest absolute Gasteiger partial charge is 0.344 e. The van der Waals surface area contributed by atoms with Crippen molar-refractivity contribution in [2.75, 3.05) is 0 Å². The van der Waals surface area contributed by atoms with Gasteiger partial charge in [0.2, 0.25) is 0 Å². The standard InChI is InChI=1S/C18H13ClFNO3/c1-10(18(22)23)24-12-3-5-15-13(6-7-21-17(15)9-12)14-4-2-11(20)8-16(14)19/h2-10H,1H3,(H,22,23). The van der Waals surface area contributed by atoms with E-state index in [1.807, 2.05) is 0 Å². The van der Waals surface area contributed by atoms with Crippen LogP contribution in [-0.2, 0) is 4.79 Å². The van der Waals surface area contributed by atoms with E-state index < -0.39 is 17.9 Å². The van der Waals surface area contributed by atoms with Gasteiger partial charge in [-0.1, -0.05) is 11.6 Å². The van der Waals surface area contributed by atoms with Gasteiger partial charge in [0, 0.05) is 23.2 Å². The molecule has 2 aromatic carbocycles. The van der Waals surface area contributed by atoms with Crippen molar-refractivity contribution < 1.29 is 19.0 Å². The van der Waals surface area contributed by atoms with Crippen molar-refractivity contribution in [2.45, 2.75) is 13.0 Å². The van der Waals surface area contributed by atoms with Crippen molar-refractivity contribution >= 4 is 28.5 Å². The summed E-state index contributed by atoms with van der Waals surface area (Å²) < 4.78 is 18.6.